The van der Waals surface area contributed by atoms with Crippen LogP contribution in [-0.2, 0) is 0 Å². The average Bonchev–Trinajstić information content (AvgIpc) is 2.39. The fraction of sp³-hybridized carbons (Fsp3) is 0.200. The molecule has 1 nitrogen and oxygen atoms in total. The Labute approximate surface area is 131 Å². The van der Waals surface area contributed by atoms with Gasteiger partial charge < -0.3 is 5.32 Å². The van der Waals surface area contributed by atoms with Crippen molar-refractivity contribution in [2.45, 2.75) is 17.9 Å². The van der Waals surface area contributed by atoms with Gasteiger partial charge in [-0.05, 0) is 55.1 Å². The minimum Gasteiger partial charge on any atom is -0.378 e. The Morgan fingerprint density at radius 3 is 2.42 bits per heavy atom. The number of rotatable bonds is 4. The van der Waals surface area contributed by atoms with Crippen molar-refractivity contribution in [1.29, 1.82) is 0 Å². The van der Waals surface area contributed by atoms with Gasteiger partial charge in [0, 0.05) is 26.1 Å². The van der Waals surface area contributed by atoms with Crippen LogP contribution in [0.4, 0.5) is 5.69 Å². The Kier molecular flexibility index (Phi) is 5.20. The van der Waals surface area contributed by atoms with Gasteiger partial charge in [0.1, 0.15) is 0 Å². The van der Waals surface area contributed by atoms with Gasteiger partial charge in [0.05, 0.1) is 0 Å². The number of thioether (sulfide) groups is 1. The van der Waals surface area contributed by atoms with Crippen LogP contribution in [0.1, 0.15) is 18.5 Å². The number of halogens is 2. The first-order valence-electron chi connectivity index (χ1n) is 5.95. The quantitative estimate of drug-likeness (QED) is 0.674. The normalized spacial score (nSPS) is 12.2. The van der Waals surface area contributed by atoms with Crippen LogP contribution in [0.3, 0.4) is 0 Å². The molecule has 0 saturated heterocycles. The fourth-order valence-corrected chi connectivity index (χ4v) is 3.11. The Hall–Kier alpha value is -0.640. The maximum atomic E-state index is 6.26. The summed E-state index contributed by atoms with van der Waals surface area (Å²) < 4.78 is 0.998. The van der Waals surface area contributed by atoms with Gasteiger partial charge in [0.25, 0.3) is 0 Å². The van der Waals surface area contributed by atoms with Crippen molar-refractivity contribution in [2.24, 2.45) is 0 Å². The summed E-state index contributed by atoms with van der Waals surface area (Å²) in [7, 11) is 0. The third-order valence-corrected chi connectivity index (χ3v) is 4.47. The number of benzene rings is 2. The molecule has 0 aliphatic heterocycles. The van der Waals surface area contributed by atoms with Gasteiger partial charge in [-0.1, -0.05) is 33.6 Å². The van der Waals surface area contributed by atoms with Crippen molar-refractivity contribution in [2.75, 3.05) is 11.6 Å². The molecular weight excluding hydrogens is 342 g/mol. The molecule has 0 saturated carbocycles. The largest absolute Gasteiger partial charge is 0.378 e. The van der Waals surface area contributed by atoms with E-state index in [-0.39, 0.29) is 6.04 Å². The summed E-state index contributed by atoms with van der Waals surface area (Å²) in [6.45, 7) is 2.11. The zero-order valence-electron chi connectivity index (χ0n) is 10.8. The topological polar surface area (TPSA) is 12.0 Å². The second-order valence-electron chi connectivity index (χ2n) is 4.26. The van der Waals surface area contributed by atoms with E-state index in [4.69, 9.17) is 11.6 Å². The number of hydrogen-bond donors (Lipinski definition) is 1. The molecule has 1 atom stereocenters. The van der Waals surface area contributed by atoms with E-state index in [1.807, 2.05) is 18.2 Å². The van der Waals surface area contributed by atoms with Crippen LogP contribution in [-0.4, -0.2) is 6.26 Å². The van der Waals surface area contributed by atoms with Crippen molar-refractivity contribution >= 4 is 45.0 Å². The summed E-state index contributed by atoms with van der Waals surface area (Å²) in [5, 5.41) is 4.23. The van der Waals surface area contributed by atoms with E-state index in [2.05, 4.69) is 58.7 Å². The van der Waals surface area contributed by atoms with Gasteiger partial charge in [0.15, 0.2) is 0 Å². The van der Waals surface area contributed by atoms with E-state index in [0.29, 0.717) is 0 Å². The molecule has 0 radical (unpaired) electrons. The van der Waals surface area contributed by atoms with Gasteiger partial charge >= 0.3 is 0 Å². The maximum Gasteiger partial charge on any atom is 0.0500 e. The zero-order chi connectivity index (χ0) is 13.8. The van der Waals surface area contributed by atoms with Crippen LogP contribution < -0.4 is 5.32 Å². The molecule has 0 aromatic heterocycles. The Morgan fingerprint density at radius 2 is 1.84 bits per heavy atom. The molecule has 0 fully saturated rings. The predicted octanol–water partition coefficient (Wildman–Crippen LogP) is 6.00. The van der Waals surface area contributed by atoms with E-state index in [9.17, 15) is 0 Å². The van der Waals surface area contributed by atoms with Crippen LogP contribution in [0.25, 0.3) is 0 Å². The molecule has 100 valence electrons. The van der Waals surface area contributed by atoms with Gasteiger partial charge in [0.2, 0.25) is 0 Å². The van der Waals surface area contributed by atoms with Crippen molar-refractivity contribution in [3.8, 4) is 0 Å². The van der Waals surface area contributed by atoms with E-state index >= 15 is 0 Å². The third kappa shape index (κ3) is 3.91. The number of nitrogens with one attached hydrogen (secondary N) is 1. The van der Waals surface area contributed by atoms with Crippen molar-refractivity contribution < 1.29 is 0 Å². The van der Waals surface area contributed by atoms with E-state index < -0.39 is 0 Å². The standard InChI is InChI=1S/C15H15BrClNS/c1-10(14-8-3-11(16)9-15(14)17)18-12-4-6-13(19-2)7-5-12/h3-10,18H,1-2H3. The van der Waals surface area contributed by atoms with Gasteiger partial charge in [-0.25, -0.2) is 0 Å². The van der Waals surface area contributed by atoms with E-state index in [1.165, 1.54) is 4.90 Å². The SMILES string of the molecule is CSc1ccc(NC(C)c2ccc(Br)cc2Cl)cc1. The monoisotopic (exact) mass is 355 g/mol. The summed E-state index contributed by atoms with van der Waals surface area (Å²) in [6, 6.07) is 14.6. The molecule has 1 N–H and O–H groups in total. The van der Waals surface area contributed by atoms with Crippen LogP contribution >= 0.6 is 39.3 Å². The highest BCUT2D eigenvalue weighted by atomic mass is 79.9. The Bertz CT molecular complexity index is 557. The summed E-state index contributed by atoms with van der Waals surface area (Å²) in [5.41, 5.74) is 2.20. The molecule has 0 heterocycles. The second kappa shape index (κ2) is 6.69. The summed E-state index contributed by atoms with van der Waals surface area (Å²) in [4.78, 5) is 1.26. The smallest absolute Gasteiger partial charge is 0.0500 e. The highest BCUT2D eigenvalue weighted by Gasteiger charge is 2.09. The first-order chi connectivity index (χ1) is 9.10. The summed E-state index contributed by atoms with van der Waals surface area (Å²) >= 11 is 11.4. The molecule has 1 unspecified atom stereocenters. The summed E-state index contributed by atoms with van der Waals surface area (Å²) in [6.07, 6.45) is 2.08. The Morgan fingerprint density at radius 1 is 1.16 bits per heavy atom. The number of hydrogen-bond acceptors (Lipinski definition) is 2. The summed E-state index contributed by atoms with van der Waals surface area (Å²) in [5.74, 6) is 0. The molecule has 0 bridgehead atoms. The molecule has 0 aliphatic carbocycles. The average molecular weight is 357 g/mol. The fourth-order valence-electron chi connectivity index (χ4n) is 1.87. The van der Waals surface area contributed by atoms with Gasteiger partial charge in [-0.3, -0.25) is 0 Å². The first-order valence-corrected chi connectivity index (χ1v) is 8.35. The van der Waals surface area contributed by atoms with Crippen LogP contribution in [0.5, 0.6) is 0 Å². The lowest BCUT2D eigenvalue weighted by Gasteiger charge is -2.17. The molecule has 0 spiro atoms. The van der Waals surface area contributed by atoms with Crippen molar-refractivity contribution in [3.63, 3.8) is 0 Å². The van der Waals surface area contributed by atoms with Crippen molar-refractivity contribution in [1.82, 2.24) is 0 Å². The van der Waals surface area contributed by atoms with Crippen LogP contribution in [0, 0.1) is 0 Å². The molecule has 2 aromatic rings. The molecular formula is C15H15BrClNS. The molecule has 0 amide bonds. The van der Waals surface area contributed by atoms with E-state index in [0.717, 1.165) is 20.7 Å². The number of anilines is 1. The minimum atomic E-state index is 0.167. The lowest BCUT2D eigenvalue weighted by atomic mass is 10.1. The second-order valence-corrected chi connectivity index (χ2v) is 6.46. The highest BCUT2D eigenvalue weighted by Crippen LogP contribution is 2.29. The molecule has 4 heteroatoms. The predicted molar refractivity (Wildman–Crippen MR) is 89.4 cm³/mol. The highest BCUT2D eigenvalue weighted by molar-refractivity contribution is 9.10. The van der Waals surface area contributed by atoms with Crippen LogP contribution in [0.15, 0.2) is 51.8 Å². The molecule has 2 rings (SSSR count). The Balaban J connectivity index is 2.13. The van der Waals surface area contributed by atoms with Gasteiger partial charge in [-0.15, -0.1) is 11.8 Å². The molecule has 19 heavy (non-hydrogen) atoms. The first kappa shape index (κ1) is 14.8. The van der Waals surface area contributed by atoms with Crippen molar-refractivity contribution in [3.05, 3.63) is 57.5 Å². The zero-order valence-corrected chi connectivity index (χ0v) is 13.9. The lowest BCUT2D eigenvalue weighted by molar-refractivity contribution is 0.884. The van der Waals surface area contributed by atoms with E-state index in [1.54, 1.807) is 11.8 Å². The molecule has 0 aliphatic rings. The molecule has 2 aromatic carbocycles. The minimum absolute atomic E-state index is 0.167. The van der Waals surface area contributed by atoms with Gasteiger partial charge in [-0.2, -0.15) is 0 Å². The lowest BCUT2D eigenvalue weighted by Crippen LogP contribution is -2.07. The third-order valence-electron chi connectivity index (χ3n) is 2.90. The maximum absolute atomic E-state index is 6.26. The van der Waals surface area contributed by atoms with Crippen LogP contribution in [0.2, 0.25) is 5.02 Å².